The molecule has 1 aromatic rings. The Bertz CT molecular complexity index is 327. The summed E-state index contributed by atoms with van der Waals surface area (Å²) in [6.07, 6.45) is 1.96. The van der Waals surface area contributed by atoms with Crippen LogP contribution in [0.5, 0.6) is 0 Å². The van der Waals surface area contributed by atoms with Crippen molar-refractivity contribution in [1.29, 1.82) is 0 Å². The van der Waals surface area contributed by atoms with Gasteiger partial charge in [-0.15, -0.1) is 0 Å². The maximum Gasteiger partial charge on any atom is 0.0434 e. The van der Waals surface area contributed by atoms with Crippen molar-refractivity contribution >= 4 is 21.6 Å². The average Bonchev–Trinajstić information content (AvgIpc) is 2.17. The monoisotopic (exact) mass is 255 g/mol. The van der Waals surface area contributed by atoms with Gasteiger partial charge in [0.15, 0.2) is 0 Å². The molecular weight excluding hydrogens is 242 g/mol. The normalized spacial score (nSPS) is 20.0. The molecule has 0 radical (unpaired) electrons. The van der Waals surface area contributed by atoms with Crippen LogP contribution >= 0.6 is 15.9 Å². The minimum Gasteiger partial charge on any atom is -0.396 e. The molecule has 2 N–H and O–H groups in total. The molecule has 1 aliphatic rings. The molecule has 0 aliphatic carbocycles. The molecule has 2 rings (SSSR count). The molecule has 1 aliphatic heterocycles. The lowest BCUT2D eigenvalue weighted by molar-refractivity contribution is 0.258. The van der Waals surface area contributed by atoms with Crippen LogP contribution in [0.3, 0.4) is 0 Å². The highest BCUT2D eigenvalue weighted by Crippen LogP contribution is 2.28. The van der Waals surface area contributed by atoms with Gasteiger partial charge in [0, 0.05) is 23.3 Å². The number of aliphatic hydroxyl groups excluding tert-OH is 1. The van der Waals surface area contributed by atoms with E-state index in [9.17, 15) is 0 Å². The molecule has 14 heavy (non-hydrogen) atoms. The fourth-order valence-corrected chi connectivity index (χ4v) is 2.34. The standard InChI is InChI=1S/C11H14BrNO/c12-10-1-2-11-9(6-10)5-8(3-4-14)7-13-11/h1-2,6,8,13-14H,3-5,7H2. The number of fused-ring (bicyclic) bond motifs is 1. The summed E-state index contributed by atoms with van der Waals surface area (Å²) < 4.78 is 1.13. The van der Waals surface area contributed by atoms with E-state index in [0.29, 0.717) is 5.92 Å². The number of halogens is 1. The van der Waals surface area contributed by atoms with Gasteiger partial charge in [0.25, 0.3) is 0 Å². The summed E-state index contributed by atoms with van der Waals surface area (Å²) in [5, 5.41) is 12.3. The van der Waals surface area contributed by atoms with Crippen LogP contribution in [0.2, 0.25) is 0 Å². The van der Waals surface area contributed by atoms with E-state index in [1.165, 1.54) is 11.3 Å². The molecule has 0 bridgehead atoms. The molecule has 0 amide bonds. The third-order valence-electron chi connectivity index (χ3n) is 2.69. The van der Waals surface area contributed by atoms with Crippen LogP contribution in [0.1, 0.15) is 12.0 Å². The third kappa shape index (κ3) is 2.10. The third-order valence-corrected chi connectivity index (χ3v) is 3.19. The number of anilines is 1. The summed E-state index contributed by atoms with van der Waals surface area (Å²) in [7, 11) is 0. The van der Waals surface area contributed by atoms with E-state index in [1.54, 1.807) is 0 Å². The predicted molar refractivity (Wildman–Crippen MR) is 61.5 cm³/mol. The maximum absolute atomic E-state index is 8.88. The first-order chi connectivity index (χ1) is 6.79. The first kappa shape index (κ1) is 9.99. The quantitative estimate of drug-likeness (QED) is 0.851. The number of hydrogen-bond acceptors (Lipinski definition) is 2. The van der Waals surface area contributed by atoms with Gasteiger partial charge in [-0.3, -0.25) is 0 Å². The molecule has 0 aromatic heterocycles. The van der Waals surface area contributed by atoms with Gasteiger partial charge in [-0.2, -0.15) is 0 Å². The second-order valence-electron chi connectivity index (χ2n) is 3.76. The van der Waals surface area contributed by atoms with Crippen molar-refractivity contribution in [2.24, 2.45) is 5.92 Å². The number of benzene rings is 1. The first-order valence-corrected chi connectivity index (χ1v) is 5.72. The van der Waals surface area contributed by atoms with Crippen LogP contribution in [0.4, 0.5) is 5.69 Å². The fourth-order valence-electron chi connectivity index (χ4n) is 1.93. The second kappa shape index (κ2) is 4.32. The van der Waals surface area contributed by atoms with E-state index in [1.807, 2.05) is 0 Å². The van der Waals surface area contributed by atoms with Crippen molar-refractivity contribution < 1.29 is 5.11 Å². The van der Waals surface area contributed by atoms with Gasteiger partial charge in [0.1, 0.15) is 0 Å². The van der Waals surface area contributed by atoms with E-state index < -0.39 is 0 Å². The Morgan fingerprint density at radius 2 is 2.36 bits per heavy atom. The molecule has 1 heterocycles. The van der Waals surface area contributed by atoms with Crippen LogP contribution in [0, 0.1) is 5.92 Å². The smallest absolute Gasteiger partial charge is 0.0434 e. The van der Waals surface area contributed by atoms with Crippen molar-refractivity contribution in [2.75, 3.05) is 18.5 Å². The van der Waals surface area contributed by atoms with Crippen molar-refractivity contribution in [3.8, 4) is 0 Å². The van der Waals surface area contributed by atoms with Crippen LogP contribution in [-0.2, 0) is 6.42 Å². The van der Waals surface area contributed by atoms with E-state index in [0.717, 1.165) is 23.9 Å². The second-order valence-corrected chi connectivity index (χ2v) is 4.68. The Morgan fingerprint density at radius 1 is 1.50 bits per heavy atom. The number of rotatable bonds is 2. The highest BCUT2D eigenvalue weighted by Gasteiger charge is 2.17. The Hall–Kier alpha value is -0.540. The lowest BCUT2D eigenvalue weighted by atomic mass is 9.92. The van der Waals surface area contributed by atoms with Gasteiger partial charge in [0.05, 0.1) is 0 Å². The fraction of sp³-hybridized carbons (Fsp3) is 0.455. The molecular formula is C11H14BrNO. The summed E-state index contributed by atoms with van der Waals surface area (Å²) in [5.41, 5.74) is 2.59. The molecule has 1 aromatic carbocycles. The molecule has 2 nitrogen and oxygen atoms in total. The molecule has 0 spiro atoms. The van der Waals surface area contributed by atoms with Crippen LogP contribution < -0.4 is 5.32 Å². The average molecular weight is 256 g/mol. The predicted octanol–water partition coefficient (Wildman–Crippen LogP) is 2.42. The van der Waals surface area contributed by atoms with Gasteiger partial charge in [-0.25, -0.2) is 0 Å². The van der Waals surface area contributed by atoms with Crippen LogP contribution in [-0.4, -0.2) is 18.3 Å². The Kier molecular flexibility index (Phi) is 3.08. The van der Waals surface area contributed by atoms with Crippen molar-refractivity contribution in [2.45, 2.75) is 12.8 Å². The zero-order chi connectivity index (χ0) is 9.97. The summed E-state index contributed by atoms with van der Waals surface area (Å²) in [4.78, 5) is 0. The van der Waals surface area contributed by atoms with Crippen LogP contribution in [0.15, 0.2) is 22.7 Å². The van der Waals surface area contributed by atoms with E-state index in [2.05, 4.69) is 39.4 Å². The molecule has 0 saturated carbocycles. The molecule has 1 atom stereocenters. The number of hydrogen-bond donors (Lipinski definition) is 2. The maximum atomic E-state index is 8.88. The Balaban J connectivity index is 2.16. The Labute approximate surface area is 92.5 Å². The van der Waals surface area contributed by atoms with Gasteiger partial charge in [-0.05, 0) is 42.5 Å². The molecule has 1 unspecified atom stereocenters. The largest absolute Gasteiger partial charge is 0.396 e. The molecule has 76 valence electrons. The minimum atomic E-state index is 0.287. The zero-order valence-corrected chi connectivity index (χ0v) is 9.55. The van der Waals surface area contributed by atoms with Gasteiger partial charge >= 0.3 is 0 Å². The lowest BCUT2D eigenvalue weighted by Gasteiger charge is -2.25. The number of aliphatic hydroxyl groups is 1. The summed E-state index contributed by atoms with van der Waals surface area (Å²) in [6.45, 7) is 1.27. The van der Waals surface area contributed by atoms with E-state index >= 15 is 0 Å². The van der Waals surface area contributed by atoms with Crippen molar-refractivity contribution in [1.82, 2.24) is 0 Å². The minimum absolute atomic E-state index is 0.287. The van der Waals surface area contributed by atoms with E-state index in [4.69, 9.17) is 5.11 Å². The lowest BCUT2D eigenvalue weighted by Crippen LogP contribution is -2.23. The zero-order valence-electron chi connectivity index (χ0n) is 7.96. The summed E-state index contributed by atoms with van der Waals surface area (Å²) in [5.74, 6) is 0.571. The summed E-state index contributed by atoms with van der Waals surface area (Å²) >= 11 is 3.47. The molecule has 0 saturated heterocycles. The van der Waals surface area contributed by atoms with Gasteiger partial charge < -0.3 is 10.4 Å². The highest BCUT2D eigenvalue weighted by atomic mass is 79.9. The summed E-state index contributed by atoms with van der Waals surface area (Å²) in [6, 6.07) is 6.32. The highest BCUT2D eigenvalue weighted by molar-refractivity contribution is 9.10. The topological polar surface area (TPSA) is 32.3 Å². The first-order valence-electron chi connectivity index (χ1n) is 4.93. The molecule has 3 heteroatoms. The Morgan fingerprint density at radius 3 is 3.14 bits per heavy atom. The van der Waals surface area contributed by atoms with E-state index in [-0.39, 0.29) is 6.61 Å². The van der Waals surface area contributed by atoms with Gasteiger partial charge in [-0.1, -0.05) is 15.9 Å². The van der Waals surface area contributed by atoms with Crippen molar-refractivity contribution in [3.05, 3.63) is 28.2 Å². The SMILES string of the molecule is OCCC1CNc2ccc(Br)cc2C1. The number of nitrogens with one attached hydrogen (secondary N) is 1. The van der Waals surface area contributed by atoms with Gasteiger partial charge in [0.2, 0.25) is 0 Å². The van der Waals surface area contributed by atoms with Crippen molar-refractivity contribution in [3.63, 3.8) is 0 Å². The molecule has 0 fully saturated rings. The van der Waals surface area contributed by atoms with Crippen LogP contribution in [0.25, 0.3) is 0 Å².